The molecule has 1 unspecified atom stereocenters. The predicted molar refractivity (Wildman–Crippen MR) is 79.0 cm³/mol. The summed E-state index contributed by atoms with van der Waals surface area (Å²) in [5, 5.41) is 0. The minimum atomic E-state index is 0.466. The molecule has 0 amide bonds. The van der Waals surface area contributed by atoms with E-state index in [4.69, 9.17) is 4.74 Å². The lowest BCUT2D eigenvalue weighted by Crippen LogP contribution is -2.26. The summed E-state index contributed by atoms with van der Waals surface area (Å²) in [5.74, 6) is 0.833. The Balaban J connectivity index is 0.000000557. The lowest BCUT2D eigenvalue weighted by Gasteiger charge is -2.24. The van der Waals surface area contributed by atoms with Crippen molar-refractivity contribution in [2.75, 3.05) is 13.8 Å². The maximum Gasteiger partial charge on any atom is 0.0925 e. The molecule has 0 saturated carbocycles. The van der Waals surface area contributed by atoms with E-state index in [1.165, 1.54) is 5.56 Å². The van der Waals surface area contributed by atoms with Gasteiger partial charge in [0.15, 0.2) is 0 Å². The molecular formula is C14H27NOSi. The third-order valence-electron chi connectivity index (χ3n) is 2.28. The molecule has 0 bridgehead atoms. The zero-order valence-corrected chi connectivity index (χ0v) is 14.1. The Labute approximate surface area is 109 Å². The van der Waals surface area contributed by atoms with E-state index in [0.717, 1.165) is 23.1 Å². The van der Waals surface area contributed by atoms with Gasteiger partial charge in [0, 0.05) is 13.2 Å². The minimum Gasteiger partial charge on any atom is -0.370 e. The number of nitrogens with zero attached hydrogens (tertiary/aromatic N) is 1. The SMILES string of the molecule is CC(C)C.COCN([SiH3])C(C)c1ccccc1. The maximum atomic E-state index is 5.11. The Bertz CT molecular complexity index is 274. The number of rotatable bonds is 4. The third-order valence-corrected chi connectivity index (χ3v) is 3.31. The minimum absolute atomic E-state index is 0.466. The van der Waals surface area contributed by atoms with E-state index in [9.17, 15) is 0 Å². The molecule has 1 atom stereocenters. The molecule has 0 aliphatic rings. The fourth-order valence-corrected chi connectivity index (χ4v) is 1.86. The van der Waals surface area contributed by atoms with Gasteiger partial charge in [0.1, 0.15) is 0 Å². The molecule has 0 fully saturated rings. The largest absolute Gasteiger partial charge is 0.370 e. The number of hydrogen-bond acceptors (Lipinski definition) is 2. The highest BCUT2D eigenvalue weighted by atomic mass is 28.2. The van der Waals surface area contributed by atoms with Gasteiger partial charge in [0.25, 0.3) is 0 Å². The van der Waals surface area contributed by atoms with Crippen LogP contribution in [0, 0.1) is 5.92 Å². The second-order valence-electron chi connectivity index (χ2n) is 4.99. The Hall–Kier alpha value is -0.643. The van der Waals surface area contributed by atoms with Crippen molar-refractivity contribution >= 4 is 10.4 Å². The molecule has 98 valence electrons. The zero-order valence-electron chi connectivity index (χ0n) is 12.1. The Morgan fingerprint density at radius 2 is 1.59 bits per heavy atom. The molecule has 0 aliphatic heterocycles. The smallest absolute Gasteiger partial charge is 0.0925 e. The summed E-state index contributed by atoms with van der Waals surface area (Å²) in [7, 11) is 2.76. The fourth-order valence-electron chi connectivity index (χ4n) is 1.30. The van der Waals surface area contributed by atoms with Crippen LogP contribution in [-0.4, -0.2) is 28.8 Å². The first-order valence-electron chi connectivity index (χ1n) is 6.23. The van der Waals surface area contributed by atoms with E-state index >= 15 is 0 Å². The summed E-state index contributed by atoms with van der Waals surface area (Å²) in [6.07, 6.45) is 0. The summed E-state index contributed by atoms with van der Waals surface area (Å²) in [6.45, 7) is 9.43. The van der Waals surface area contributed by atoms with Crippen LogP contribution in [0.3, 0.4) is 0 Å². The van der Waals surface area contributed by atoms with Gasteiger partial charge in [-0.15, -0.1) is 0 Å². The number of hydrogen-bond donors (Lipinski definition) is 0. The van der Waals surface area contributed by atoms with E-state index in [2.05, 4.69) is 56.5 Å². The molecule has 0 saturated heterocycles. The molecule has 0 N–H and O–H groups in total. The van der Waals surface area contributed by atoms with Gasteiger partial charge >= 0.3 is 0 Å². The first-order valence-corrected chi connectivity index (χ1v) is 7.12. The molecule has 17 heavy (non-hydrogen) atoms. The van der Waals surface area contributed by atoms with E-state index < -0.39 is 0 Å². The van der Waals surface area contributed by atoms with Gasteiger partial charge in [-0.2, -0.15) is 0 Å². The summed E-state index contributed by atoms with van der Waals surface area (Å²) in [4.78, 5) is 0. The average molecular weight is 253 g/mol. The highest BCUT2D eigenvalue weighted by Crippen LogP contribution is 2.16. The van der Waals surface area contributed by atoms with Crippen molar-refractivity contribution in [2.45, 2.75) is 33.7 Å². The first-order chi connectivity index (χ1) is 7.99. The van der Waals surface area contributed by atoms with Crippen LogP contribution in [0.2, 0.25) is 0 Å². The predicted octanol–water partition coefficient (Wildman–Crippen LogP) is 2.60. The van der Waals surface area contributed by atoms with Crippen LogP contribution in [0.15, 0.2) is 30.3 Å². The molecule has 0 aliphatic carbocycles. The lowest BCUT2D eigenvalue weighted by molar-refractivity contribution is 0.0993. The van der Waals surface area contributed by atoms with E-state index in [0.29, 0.717) is 6.04 Å². The number of methoxy groups -OCH3 is 1. The summed E-state index contributed by atoms with van der Waals surface area (Å²) in [6, 6.07) is 11.0. The van der Waals surface area contributed by atoms with E-state index in [-0.39, 0.29) is 0 Å². The van der Waals surface area contributed by atoms with Crippen molar-refractivity contribution < 1.29 is 4.74 Å². The Morgan fingerprint density at radius 3 is 2.00 bits per heavy atom. The van der Waals surface area contributed by atoms with E-state index in [1.54, 1.807) is 7.11 Å². The van der Waals surface area contributed by atoms with Gasteiger partial charge in [0.2, 0.25) is 0 Å². The molecule has 1 aromatic rings. The molecule has 0 heterocycles. The molecule has 0 radical (unpaired) electrons. The van der Waals surface area contributed by atoms with Gasteiger partial charge in [0.05, 0.1) is 17.1 Å². The van der Waals surface area contributed by atoms with Crippen molar-refractivity contribution in [3.63, 3.8) is 0 Å². The maximum absolute atomic E-state index is 5.11. The molecule has 2 nitrogen and oxygen atoms in total. The van der Waals surface area contributed by atoms with Crippen molar-refractivity contribution in [1.82, 2.24) is 4.57 Å². The molecule has 1 aromatic carbocycles. The van der Waals surface area contributed by atoms with Crippen LogP contribution in [-0.2, 0) is 4.74 Å². The second-order valence-corrected chi connectivity index (χ2v) is 6.14. The Kier molecular flexibility index (Phi) is 9.04. The fraction of sp³-hybridized carbons (Fsp3) is 0.571. The lowest BCUT2D eigenvalue weighted by atomic mass is 10.1. The highest BCUT2D eigenvalue weighted by molar-refractivity contribution is 6.04. The standard InChI is InChI=1S/C10H17NOSi.C4H10/c1-9(11(13)8-12-2)10-6-4-3-5-7-10;1-4(2)3/h3-7,9H,8H2,1-2,13H3;4H,1-3H3. The normalized spacial score (nSPS) is 12.4. The quantitative estimate of drug-likeness (QED) is 0.604. The van der Waals surface area contributed by atoms with Crippen LogP contribution in [0.5, 0.6) is 0 Å². The average Bonchev–Trinajstić information content (AvgIpc) is 2.29. The third kappa shape index (κ3) is 8.13. The van der Waals surface area contributed by atoms with Gasteiger partial charge in [-0.3, -0.25) is 0 Å². The molecular weight excluding hydrogens is 226 g/mol. The van der Waals surface area contributed by atoms with Crippen LogP contribution >= 0.6 is 0 Å². The Morgan fingerprint density at radius 1 is 1.12 bits per heavy atom. The van der Waals surface area contributed by atoms with Crippen molar-refractivity contribution in [2.24, 2.45) is 5.92 Å². The summed E-state index contributed by atoms with van der Waals surface area (Å²) < 4.78 is 7.41. The molecule has 3 heteroatoms. The second kappa shape index (κ2) is 9.39. The summed E-state index contributed by atoms with van der Waals surface area (Å²) in [5.41, 5.74) is 1.36. The van der Waals surface area contributed by atoms with Gasteiger partial charge in [-0.05, 0) is 18.4 Å². The molecule has 1 rings (SSSR count). The topological polar surface area (TPSA) is 12.5 Å². The molecule has 0 aromatic heterocycles. The zero-order chi connectivity index (χ0) is 13.3. The van der Waals surface area contributed by atoms with Crippen LogP contribution < -0.4 is 0 Å². The van der Waals surface area contributed by atoms with Crippen molar-refractivity contribution in [3.05, 3.63) is 35.9 Å². The van der Waals surface area contributed by atoms with Crippen LogP contribution in [0.4, 0.5) is 0 Å². The van der Waals surface area contributed by atoms with E-state index in [1.807, 2.05) is 6.07 Å². The van der Waals surface area contributed by atoms with Crippen molar-refractivity contribution in [1.29, 1.82) is 0 Å². The first kappa shape index (κ1) is 16.4. The van der Waals surface area contributed by atoms with Gasteiger partial charge < -0.3 is 9.30 Å². The van der Waals surface area contributed by atoms with Crippen LogP contribution in [0.25, 0.3) is 0 Å². The highest BCUT2D eigenvalue weighted by Gasteiger charge is 2.09. The number of ether oxygens (including phenoxy) is 1. The summed E-state index contributed by atoms with van der Waals surface area (Å²) >= 11 is 0. The van der Waals surface area contributed by atoms with Gasteiger partial charge in [-0.25, -0.2) is 0 Å². The van der Waals surface area contributed by atoms with Gasteiger partial charge in [-0.1, -0.05) is 51.1 Å². The van der Waals surface area contributed by atoms with Crippen molar-refractivity contribution in [3.8, 4) is 0 Å². The van der Waals surface area contributed by atoms with Crippen LogP contribution in [0.1, 0.15) is 39.3 Å². The molecule has 0 spiro atoms. The number of benzene rings is 1. The monoisotopic (exact) mass is 253 g/mol.